The maximum absolute atomic E-state index is 13.6. The van der Waals surface area contributed by atoms with Gasteiger partial charge in [-0.25, -0.2) is 8.78 Å². The number of aromatic nitrogens is 2. The SMILES string of the molecule is COc1ccc(-c2nnc(SC(C)C(=O)Nc3ccc(F)cc3F)o2)cc1. The Hall–Kier alpha value is -2.94. The molecule has 2 aromatic carbocycles. The molecule has 0 radical (unpaired) electrons. The molecule has 0 saturated carbocycles. The van der Waals surface area contributed by atoms with Crippen molar-refractivity contribution in [3.63, 3.8) is 0 Å². The lowest BCUT2D eigenvalue weighted by Crippen LogP contribution is -2.23. The summed E-state index contributed by atoms with van der Waals surface area (Å²) in [6, 6.07) is 10.00. The number of nitrogens with one attached hydrogen (secondary N) is 1. The van der Waals surface area contributed by atoms with Crippen LogP contribution < -0.4 is 10.1 Å². The van der Waals surface area contributed by atoms with Crippen LogP contribution in [0.1, 0.15) is 6.92 Å². The average molecular weight is 391 g/mol. The maximum Gasteiger partial charge on any atom is 0.277 e. The number of methoxy groups -OCH3 is 1. The van der Waals surface area contributed by atoms with Gasteiger partial charge in [-0.15, -0.1) is 10.2 Å². The molecule has 1 heterocycles. The number of thioether (sulfide) groups is 1. The first-order chi connectivity index (χ1) is 13.0. The molecule has 3 aromatic rings. The van der Waals surface area contributed by atoms with Crippen molar-refractivity contribution in [2.75, 3.05) is 12.4 Å². The highest BCUT2D eigenvalue weighted by Gasteiger charge is 2.20. The van der Waals surface area contributed by atoms with Gasteiger partial charge in [0.15, 0.2) is 0 Å². The molecule has 0 spiro atoms. The first-order valence-electron chi connectivity index (χ1n) is 7.87. The number of carbonyl (C=O) groups excluding carboxylic acids is 1. The topological polar surface area (TPSA) is 77.2 Å². The second kappa shape index (κ2) is 8.17. The summed E-state index contributed by atoms with van der Waals surface area (Å²) in [5.74, 6) is -1.04. The van der Waals surface area contributed by atoms with Gasteiger partial charge < -0.3 is 14.5 Å². The molecule has 6 nitrogen and oxygen atoms in total. The molecule has 1 amide bonds. The summed E-state index contributed by atoms with van der Waals surface area (Å²) in [4.78, 5) is 12.2. The van der Waals surface area contributed by atoms with Gasteiger partial charge in [-0.2, -0.15) is 0 Å². The van der Waals surface area contributed by atoms with E-state index in [0.29, 0.717) is 23.3 Å². The molecule has 1 unspecified atom stereocenters. The summed E-state index contributed by atoms with van der Waals surface area (Å²) in [6.45, 7) is 1.61. The molecule has 0 aliphatic heterocycles. The summed E-state index contributed by atoms with van der Waals surface area (Å²) in [5.41, 5.74) is 0.610. The van der Waals surface area contributed by atoms with Crippen molar-refractivity contribution in [1.82, 2.24) is 10.2 Å². The Kier molecular flexibility index (Phi) is 5.70. The fourth-order valence-electron chi connectivity index (χ4n) is 2.14. The number of rotatable bonds is 6. The van der Waals surface area contributed by atoms with Crippen molar-refractivity contribution in [1.29, 1.82) is 0 Å². The Bertz CT molecular complexity index is 947. The molecule has 9 heteroatoms. The minimum absolute atomic E-state index is 0.0988. The van der Waals surface area contributed by atoms with Crippen molar-refractivity contribution in [2.45, 2.75) is 17.4 Å². The van der Waals surface area contributed by atoms with E-state index in [0.717, 1.165) is 23.9 Å². The number of ether oxygens (including phenoxy) is 1. The highest BCUT2D eigenvalue weighted by Crippen LogP contribution is 2.28. The molecule has 1 aromatic heterocycles. The molecule has 1 atom stereocenters. The standard InChI is InChI=1S/C18H15F2N3O3S/c1-10(16(24)21-15-8-5-12(19)9-14(15)20)27-18-23-22-17(26-18)11-3-6-13(25-2)7-4-11/h3-10H,1-2H3,(H,21,24). The minimum Gasteiger partial charge on any atom is -0.497 e. The summed E-state index contributed by atoms with van der Waals surface area (Å²) in [6.07, 6.45) is 0. The molecular weight excluding hydrogens is 376 g/mol. The maximum atomic E-state index is 13.6. The number of anilines is 1. The lowest BCUT2D eigenvalue weighted by atomic mass is 10.2. The smallest absolute Gasteiger partial charge is 0.277 e. The highest BCUT2D eigenvalue weighted by molar-refractivity contribution is 8.00. The molecule has 0 aliphatic rings. The third kappa shape index (κ3) is 4.62. The summed E-state index contributed by atoms with van der Waals surface area (Å²) in [5, 5.41) is 9.82. The van der Waals surface area contributed by atoms with Crippen LogP contribution in [0.25, 0.3) is 11.5 Å². The van der Waals surface area contributed by atoms with Crippen LogP contribution in [0.5, 0.6) is 5.75 Å². The largest absolute Gasteiger partial charge is 0.497 e. The highest BCUT2D eigenvalue weighted by atomic mass is 32.2. The van der Waals surface area contributed by atoms with Crippen molar-refractivity contribution in [2.24, 2.45) is 0 Å². The lowest BCUT2D eigenvalue weighted by Gasteiger charge is -2.10. The van der Waals surface area contributed by atoms with Gasteiger partial charge >= 0.3 is 0 Å². The first-order valence-corrected chi connectivity index (χ1v) is 8.74. The zero-order chi connectivity index (χ0) is 19.4. The molecule has 0 fully saturated rings. The number of amides is 1. The van der Waals surface area contributed by atoms with Crippen molar-refractivity contribution in [3.8, 4) is 17.2 Å². The first kappa shape index (κ1) is 18.8. The molecule has 3 rings (SSSR count). The Balaban J connectivity index is 1.64. The summed E-state index contributed by atoms with van der Waals surface area (Å²) in [7, 11) is 1.57. The van der Waals surface area contributed by atoms with Crippen LogP contribution in [-0.4, -0.2) is 28.5 Å². The van der Waals surface area contributed by atoms with Crippen LogP contribution in [0, 0.1) is 11.6 Å². The van der Waals surface area contributed by atoms with Gasteiger partial charge in [0.25, 0.3) is 5.22 Å². The minimum atomic E-state index is -0.847. The van der Waals surface area contributed by atoms with Crippen LogP contribution in [0.4, 0.5) is 14.5 Å². The van der Waals surface area contributed by atoms with Gasteiger partial charge in [0.05, 0.1) is 18.0 Å². The number of hydrogen-bond acceptors (Lipinski definition) is 6. The van der Waals surface area contributed by atoms with E-state index in [1.807, 2.05) is 0 Å². The lowest BCUT2D eigenvalue weighted by molar-refractivity contribution is -0.115. The van der Waals surface area contributed by atoms with Crippen LogP contribution in [0.3, 0.4) is 0 Å². The molecule has 0 saturated heterocycles. The van der Waals surface area contributed by atoms with E-state index in [2.05, 4.69) is 15.5 Å². The molecule has 140 valence electrons. The van der Waals surface area contributed by atoms with E-state index in [4.69, 9.17) is 9.15 Å². The van der Waals surface area contributed by atoms with Gasteiger partial charge in [0.2, 0.25) is 11.8 Å². The zero-order valence-corrected chi connectivity index (χ0v) is 15.2. The number of nitrogens with zero attached hydrogens (tertiary/aromatic N) is 2. The monoisotopic (exact) mass is 391 g/mol. The fraction of sp³-hybridized carbons (Fsp3) is 0.167. The van der Waals surface area contributed by atoms with Gasteiger partial charge in [0.1, 0.15) is 17.4 Å². The van der Waals surface area contributed by atoms with E-state index in [1.54, 1.807) is 38.3 Å². The Morgan fingerprint density at radius 3 is 2.59 bits per heavy atom. The van der Waals surface area contributed by atoms with E-state index in [9.17, 15) is 13.6 Å². The Morgan fingerprint density at radius 1 is 1.19 bits per heavy atom. The van der Waals surface area contributed by atoms with E-state index in [-0.39, 0.29) is 10.9 Å². The van der Waals surface area contributed by atoms with Gasteiger partial charge in [0, 0.05) is 11.6 Å². The van der Waals surface area contributed by atoms with Gasteiger partial charge in [-0.1, -0.05) is 11.8 Å². The number of hydrogen-bond donors (Lipinski definition) is 1. The second-order valence-corrected chi connectivity index (χ2v) is 6.77. The van der Waals surface area contributed by atoms with Crippen LogP contribution in [0.15, 0.2) is 52.1 Å². The number of benzene rings is 2. The normalized spacial score (nSPS) is 11.9. The number of carbonyl (C=O) groups is 1. The van der Waals surface area contributed by atoms with Gasteiger partial charge in [-0.05, 0) is 43.3 Å². The third-order valence-electron chi connectivity index (χ3n) is 3.58. The third-order valence-corrected chi connectivity index (χ3v) is 4.51. The molecule has 27 heavy (non-hydrogen) atoms. The molecule has 0 aliphatic carbocycles. The zero-order valence-electron chi connectivity index (χ0n) is 14.4. The van der Waals surface area contributed by atoms with E-state index in [1.165, 1.54) is 0 Å². The van der Waals surface area contributed by atoms with Crippen LogP contribution in [0.2, 0.25) is 0 Å². The number of halogens is 2. The molecule has 1 N–H and O–H groups in total. The fourth-order valence-corrected chi connectivity index (χ4v) is 2.82. The van der Waals surface area contributed by atoms with Crippen LogP contribution in [-0.2, 0) is 4.79 Å². The predicted octanol–water partition coefficient (Wildman–Crippen LogP) is 4.14. The Morgan fingerprint density at radius 2 is 1.93 bits per heavy atom. The summed E-state index contributed by atoms with van der Waals surface area (Å²) < 4.78 is 37.2. The van der Waals surface area contributed by atoms with Crippen LogP contribution >= 0.6 is 11.8 Å². The van der Waals surface area contributed by atoms with Crippen molar-refractivity contribution in [3.05, 3.63) is 54.1 Å². The van der Waals surface area contributed by atoms with E-state index < -0.39 is 22.8 Å². The molecular formula is C18H15F2N3O3S. The second-order valence-electron chi connectivity index (χ2n) is 5.48. The predicted molar refractivity (Wildman–Crippen MR) is 96.6 cm³/mol. The Labute approximate surface area is 157 Å². The van der Waals surface area contributed by atoms with Crippen molar-refractivity contribution >= 4 is 23.4 Å². The quantitative estimate of drug-likeness (QED) is 0.637. The van der Waals surface area contributed by atoms with Gasteiger partial charge in [-0.3, -0.25) is 4.79 Å². The average Bonchev–Trinajstić information content (AvgIpc) is 3.12. The van der Waals surface area contributed by atoms with E-state index >= 15 is 0 Å². The van der Waals surface area contributed by atoms with Crippen molar-refractivity contribution < 1.29 is 22.7 Å². The molecule has 0 bridgehead atoms. The summed E-state index contributed by atoms with van der Waals surface area (Å²) >= 11 is 1.03.